The van der Waals surface area contributed by atoms with Crippen molar-refractivity contribution >= 4 is 22.9 Å². The zero-order chi connectivity index (χ0) is 18.3. The summed E-state index contributed by atoms with van der Waals surface area (Å²) in [6.07, 6.45) is 2.59. The average molecular weight is 353 g/mol. The highest BCUT2D eigenvalue weighted by Gasteiger charge is 2.30. The molecular formula is C19H20FN5O. The quantitative estimate of drug-likeness (QED) is 0.768. The lowest BCUT2D eigenvalue weighted by Crippen LogP contribution is -2.33. The monoisotopic (exact) mass is 353 g/mol. The van der Waals surface area contributed by atoms with Gasteiger partial charge in [0.25, 0.3) is 0 Å². The third-order valence-corrected chi connectivity index (χ3v) is 4.93. The van der Waals surface area contributed by atoms with Crippen molar-refractivity contribution in [3.63, 3.8) is 0 Å². The summed E-state index contributed by atoms with van der Waals surface area (Å²) in [4.78, 5) is 23.3. The first kappa shape index (κ1) is 16.5. The first-order valence-corrected chi connectivity index (χ1v) is 8.62. The maximum atomic E-state index is 13.7. The largest absolute Gasteiger partial charge is 0.324 e. The zero-order valence-electron chi connectivity index (χ0n) is 14.7. The molecule has 3 aromatic rings. The van der Waals surface area contributed by atoms with Gasteiger partial charge in [0.05, 0.1) is 0 Å². The van der Waals surface area contributed by atoms with E-state index in [1.807, 2.05) is 23.7 Å². The van der Waals surface area contributed by atoms with Crippen LogP contribution in [0.4, 0.5) is 14.9 Å². The molecule has 0 radical (unpaired) electrons. The Morgan fingerprint density at radius 1 is 1.35 bits per heavy atom. The lowest BCUT2D eigenvalue weighted by atomic mass is 10.1. The molecule has 1 fully saturated rings. The normalized spacial score (nSPS) is 17.0. The molecule has 1 aliphatic heterocycles. The minimum absolute atomic E-state index is 0.162. The molecule has 1 atom stereocenters. The summed E-state index contributed by atoms with van der Waals surface area (Å²) in [6.45, 7) is 2.91. The molecule has 3 heterocycles. The fraction of sp³-hybridized carbons (Fsp3) is 0.316. The van der Waals surface area contributed by atoms with Crippen LogP contribution in [0.3, 0.4) is 0 Å². The van der Waals surface area contributed by atoms with Crippen LogP contribution >= 0.6 is 0 Å². The number of aryl methyl sites for hydroxylation is 2. The number of hydrogen-bond acceptors (Lipinski definition) is 3. The number of amides is 2. The summed E-state index contributed by atoms with van der Waals surface area (Å²) < 4.78 is 15.7. The van der Waals surface area contributed by atoms with Crippen LogP contribution in [0, 0.1) is 12.7 Å². The molecular weight excluding hydrogens is 333 g/mol. The molecule has 1 N–H and O–H groups in total. The van der Waals surface area contributed by atoms with Crippen LogP contribution in [0.25, 0.3) is 11.2 Å². The van der Waals surface area contributed by atoms with E-state index in [9.17, 15) is 9.18 Å². The molecule has 0 spiro atoms. The van der Waals surface area contributed by atoms with Crippen LogP contribution in [0.2, 0.25) is 0 Å². The number of halogens is 1. The Hall–Kier alpha value is -2.96. The van der Waals surface area contributed by atoms with Crippen molar-refractivity contribution < 1.29 is 9.18 Å². The summed E-state index contributed by atoms with van der Waals surface area (Å²) in [6, 6.07) is 8.31. The molecule has 0 saturated carbocycles. The average Bonchev–Trinajstić information content (AvgIpc) is 3.24. The third-order valence-electron chi connectivity index (χ3n) is 4.93. The number of carbonyl (C=O) groups is 1. The van der Waals surface area contributed by atoms with Crippen molar-refractivity contribution in [2.75, 3.05) is 18.4 Å². The van der Waals surface area contributed by atoms with Gasteiger partial charge in [-0.25, -0.2) is 19.2 Å². The van der Waals surface area contributed by atoms with E-state index in [4.69, 9.17) is 0 Å². The molecule has 0 aliphatic carbocycles. The fourth-order valence-electron chi connectivity index (χ4n) is 3.43. The summed E-state index contributed by atoms with van der Waals surface area (Å²) >= 11 is 0. The predicted molar refractivity (Wildman–Crippen MR) is 97.6 cm³/mol. The highest BCUT2D eigenvalue weighted by molar-refractivity contribution is 5.89. The number of likely N-dealkylation sites (tertiary alicyclic amines) is 1. The Balaban J connectivity index is 1.48. The Labute approximate surface area is 150 Å². The molecule has 134 valence electrons. The molecule has 6 nitrogen and oxygen atoms in total. The molecule has 26 heavy (non-hydrogen) atoms. The lowest BCUT2D eigenvalue weighted by molar-refractivity contribution is 0.222. The van der Waals surface area contributed by atoms with E-state index in [1.165, 1.54) is 6.07 Å². The van der Waals surface area contributed by atoms with Crippen LogP contribution in [0.5, 0.6) is 0 Å². The zero-order valence-corrected chi connectivity index (χ0v) is 14.7. The van der Waals surface area contributed by atoms with Gasteiger partial charge < -0.3 is 14.8 Å². The van der Waals surface area contributed by atoms with Crippen LogP contribution in [-0.4, -0.2) is 38.6 Å². The molecule has 2 aromatic heterocycles. The van der Waals surface area contributed by atoms with Gasteiger partial charge in [0.1, 0.15) is 17.2 Å². The second-order valence-electron chi connectivity index (χ2n) is 6.70. The number of pyridine rings is 1. The van der Waals surface area contributed by atoms with E-state index in [1.54, 1.807) is 30.2 Å². The minimum Gasteiger partial charge on any atom is -0.324 e. The van der Waals surface area contributed by atoms with Crippen molar-refractivity contribution in [2.45, 2.75) is 19.3 Å². The smallest absolute Gasteiger partial charge is 0.321 e. The second-order valence-corrected chi connectivity index (χ2v) is 6.70. The van der Waals surface area contributed by atoms with Crippen LogP contribution in [-0.2, 0) is 7.05 Å². The standard InChI is InChI=1S/C19H20FN5O/c1-12-5-6-14(10-15(12)20)22-19(26)25-9-7-13(11-25)17-23-16-4-3-8-21-18(16)24(17)2/h3-6,8,10,13H,7,9,11H2,1-2H3,(H,22,26)/t13-/m1/s1. The van der Waals surface area contributed by atoms with Gasteiger partial charge in [0, 0.05) is 37.9 Å². The van der Waals surface area contributed by atoms with Gasteiger partial charge in [-0.15, -0.1) is 0 Å². The van der Waals surface area contributed by atoms with E-state index >= 15 is 0 Å². The molecule has 1 aliphatic rings. The van der Waals surface area contributed by atoms with Gasteiger partial charge in [-0.05, 0) is 43.2 Å². The highest BCUT2D eigenvalue weighted by atomic mass is 19.1. The number of hydrogen-bond donors (Lipinski definition) is 1. The number of benzene rings is 1. The summed E-state index contributed by atoms with van der Waals surface area (Å²) in [5.74, 6) is 0.777. The van der Waals surface area contributed by atoms with Crippen LogP contribution < -0.4 is 5.32 Å². The molecule has 0 unspecified atom stereocenters. The predicted octanol–water partition coefficient (Wildman–Crippen LogP) is 3.44. The van der Waals surface area contributed by atoms with Crippen molar-refractivity contribution in [2.24, 2.45) is 7.05 Å². The van der Waals surface area contributed by atoms with Crippen LogP contribution in [0.1, 0.15) is 23.7 Å². The van der Waals surface area contributed by atoms with Gasteiger partial charge in [-0.2, -0.15) is 0 Å². The van der Waals surface area contributed by atoms with Gasteiger partial charge in [-0.3, -0.25) is 0 Å². The van der Waals surface area contributed by atoms with Crippen LogP contribution in [0.15, 0.2) is 36.5 Å². The lowest BCUT2D eigenvalue weighted by Gasteiger charge is -2.17. The van der Waals surface area contributed by atoms with Crippen molar-refractivity contribution in [3.8, 4) is 0 Å². The number of fused-ring (bicyclic) bond motifs is 1. The topological polar surface area (TPSA) is 63.1 Å². The summed E-state index contributed by atoms with van der Waals surface area (Å²) in [5, 5.41) is 2.77. The van der Waals surface area contributed by atoms with Gasteiger partial charge >= 0.3 is 6.03 Å². The number of anilines is 1. The maximum absolute atomic E-state index is 13.7. The van der Waals surface area contributed by atoms with Gasteiger partial charge in [0.2, 0.25) is 0 Å². The molecule has 7 heteroatoms. The molecule has 2 amide bonds. The van der Waals surface area contributed by atoms with Crippen molar-refractivity contribution in [1.29, 1.82) is 0 Å². The molecule has 0 bridgehead atoms. The number of nitrogens with one attached hydrogen (secondary N) is 1. The first-order chi connectivity index (χ1) is 12.5. The summed E-state index contributed by atoms with van der Waals surface area (Å²) in [7, 11) is 1.95. The molecule has 1 saturated heterocycles. The third kappa shape index (κ3) is 2.89. The number of aromatic nitrogens is 3. The Morgan fingerprint density at radius 2 is 2.19 bits per heavy atom. The molecule has 1 aromatic carbocycles. The van der Waals surface area contributed by atoms with E-state index < -0.39 is 0 Å². The number of urea groups is 1. The molecule has 4 rings (SSSR count). The van der Waals surface area contributed by atoms with E-state index in [-0.39, 0.29) is 17.8 Å². The van der Waals surface area contributed by atoms with Gasteiger partial charge in [0.15, 0.2) is 5.65 Å². The second kappa shape index (κ2) is 6.40. The number of nitrogens with zero attached hydrogens (tertiary/aromatic N) is 4. The van der Waals surface area contributed by atoms with Gasteiger partial charge in [-0.1, -0.05) is 6.07 Å². The highest BCUT2D eigenvalue weighted by Crippen LogP contribution is 2.28. The number of rotatable bonds is 2. The maximum Gasteiger partial charge on any atom is 0.321 e. The Morgan fingerprint density at radius 3 is 2.96 bits per heavy atom. The minimum atomic E-state index is -0.325. The van der Waals surface area contributed by atoms with Crippen molar-refractivity contribution in [1.82, 2.24) is 19.4 Å². The van der Waals surface area contributed by atoms with Crippen molar-refractivity contribution in [3.05, 3.63) is 53.7 Å². The first-order valence-electron chi connectivity index (χ1n) is 8.62. The Bertz CT molecular complexity index is 983. The SMILES string of the molecule is Cc1ccc(NC(=O)N2CC[C@@H](c3nc4cccnc4n3C)C2)cc1F. The van der Waals surface area contributed by atoms with E-state index in [0.29, 0.717) is 24.3 Å². The summed E-state index contributed by atoms with van der Waals surface area (Å²) in [5.41, 5.74) is 2.73. The van der Waals surface area contributed by atoms with E-state index in [2.05, 4.69) is 15.3 Å². The number of carbonyl (C=O) groups excluding carboxylic acids is 1. The van der Waals surface area contributed by atoms with E-state index in [0.717, 1.165) is 23.4 Å². The number of imidazole rings is 1. The fourth-order valence-corrected chi connectivity index (χ4v) is 3.43. The Kier molecular flexibility index (Phi) is 4.06.